The highest BCUT2D eigenvalue weighted by Gasteiger charge is 2.46. The average Bonchev–Trinajstić information content (AvgIpc) is 1.12. The largest absolute Gasteiger partial charge is 0.356 e. The van der Waals surface area contributed by atoms with Crippen LogP contribution >= 0.6 is 14.5 Å². The van der Waals surface area contributed by atoms with Crippen LogP contribution < -0.4 is 42.5 Å². The topological polar surface area (TPSA) is 183 Å². The fourth-order valence-corrected chi connectivity index (χ4v) is 22.0. The molecule has 0 bridgehead atoms. The van der Waals surface area contributed by atoms with Gasteiger partial charge in [-0.1, -0.05) is 180 Å². The van der Waals surface area contributed by atoms with Crippen LogP contribution in [0.4, 0.5) is 0 Å². The molecule has 6 aromatic carbocycles. The summed E-state index contributed by atoms with van der Waals surface area (Å²) in [7, 11) is -3.58. The molecule has 5 N–H and O–H groups in total. The molecule has 0 heterocycles. The van der Waals surface area contributed by atoms with Crippen molar-refractivity contribution < 1.29 is 39.6 Å². The molecule has 14 nitrogen and oxygen atoms in total. The summed E-state index contributed by atoms with van der Waals surface area (Å²) in [6.07, 6.45) is 28.4. The Morgan fingerprint density at radius 3 is 0.794 bits per heavy atom. The maximum Gasteiger partial charge on any atom is 0.246 e. The molecule has 5 amide bonds. The van der Waals surface area contributed by atoms with Gasteiger partial charge < -0.3 is 15.5 Å². The first kappa shape index (κ1) is 79.4. The van der Waals surface area contributed by atoms with Crippen LogP contribution in [0.5, 0.6) is 0 Å². The summed E-state index contributed by atoms with van der Waals surface area (Å²) in [6, 6.07) is 67.5. The van der Waals surface area contributed by atoms with E-state index in [1.54, 1.807) is 0 Å². The van der Waals surface area contributed by atoms with E-state index in [4.69, 9.17) is 0 Å². The molecule has 0 saturated carbocycles. The summed E-state index contributed by atoms with van der Waals surface area (Å²) in [5.74, 6) is -1.99. The molecule has 6 aromatic rings. The van der Waals surface area contributed by atoms with Crippen LogP contribution in [-0.4, -0.2) is 130 Å². The minimum Gasteiger partial charge on any atom is -0.356 e. The Morgan fingerprint density at radius 1 is 0.289 bits per heavy atom. The van der Waals surface area contributed by atoms with Crippen molar-refractivity contribution in [2.45, 2.75) is 193 Å². The molecule has 0 fully saturated rings. The second kappa shape index (κ2) is 47.4. The highest BCUT2D eigenvalue weighted by Crippen LogP contribution is 2.57. The molecule has 0 radical (unpaired) electrons. The summed E-state index contributed by atoms with van der Waals surface area (Å²) in [4.78, 5) is 63.6. The fourth-order valence-electron chi connectivity index (χ4n) is 13.2. The van der Waals surface area contributed by atoms with Crippen molar-refractivity contribution in [1.29, 1.82) is 0 Å². The molecular formula is C81H116N6O8P2+2. The van der Waals surface area contributed by atoms with Crippen molar-refractivity contribution in [2.24, 2.45) is 0 Å². The SMILES string of the molecule is CC(=O)N(O)CCCCCNC(=O)CCC(=O)N(O)CCCCCNC(=O)CCC(=O)N(O)CCCCCN(CCCCCCCCCC[P+](c1ccccc1)(c1ccccc1)c1ccccc1)CCCCCCCCCC[P+](c1ccccc1)(c1ccccc1)c1ccccc1. The number of rotatable bonds is 52. The molecule has 0 aromatic heterocycles. The number of nitrogens with one attached hydrogen (secondary N) is 2. The number of carbonyl (C=O) groups excluding carboxylic acids is 5. The molecule has 97 heavy (non-hydrogen) atoms. The Labute approximate surface area is 582 Å². The molecule has 526 valence electrons. The molecule has 0 atom stereocenters. The van der Waals surface area contributed by atoms with Crippen LogP contribution in [0.3, 0.4) is 0 Å². The van der Waals surface area contributed by atoms with Gasteiger partial charge in [0.2, 0.25) is 29.5 Å². The maximum atomic E-state index is 12.8. The second-order valence-corrected chi connectivity index (χ2v) is 33.4. The number of unbranched alkanes of at least 4 members (excludes halogenated alkanes) is 20. The van der Waals surface area contributed by atoms with Gasteiger partial charge in [0.1, 0.15) is 46.4 Å². The second-order valence-electron chi connectivity index (χ2n) is 26.1. The van der Waals surface area contributed by atoms with E-state index >= 15 is 0 Å². The molecule has 0 aliphatic heterocycles. The van der Waals surface area contributed by atoms with Crippen molar-refractivity contribution in [3.8, 4) is 0 Å². The van der Waals surface area contributed by atoms with Crippen molar-refractivity contribution in [1.82, 2.24) is 30.7 Å². The smallest absolute Gasteiger partial charge is 0.246 e. The maximum absolute atomic E-state index is 12.8. The van der Waals surface area contributed by atoms with E-state index in [0.29, 0.717) is 68.2 Å². The molecule has 0 saturated heterocycles. The van der Waals surface area contributed by atoms with Gasteiger partial charge in [-0.2, -0.15) is 0 Å². The zero-order valence-electron chi connectivity index (χ0n) is 58.5. The van der Waals surface area contributed by atoms with Gasteiger partial charge in [-0.15, -0.1) is 0 Å². The molecule has 6 rings (SSSR count). The van der Waals surface area contributed by atoms with Gasteiger partial charge in [0.05, 0.1) is 12.3 Å². The van der Waals surface area contributed by atoms with Crippen molar-refractivity contribution in [3.63, 3.8) is 0 Å². The summed E-state index contributed by atoms with van der Waals surface area (Å²) >= 11 is 0. The number of amides is 5. The van der Waals surface area contributed by atoms with E-state index in [1.165, 1.54) is 154 Å². The first-order chi connectivity index (χ1) is 47.4. The predicted molar refractivity (Wildman–Crippen MR) is 403 cm³/mol. The van der Waals surface area contributed by atoms with Gasteiger partial charge in [0.15, 0.2) is 0 Å². The monoisotopic (exact) mass is 1360 g/mol. The summed E-state index contributed by atoms with van der Waals surface area (Å²) in [6.45, 7) is 5.86. The molecule has 0 spiro atoms. The first-order valence-corrected chi connectivity index (χ1v) is 40.7. The number of hydroxylamine groups is 6. The normalized spacial score (nSPS) is 11.6. The number of hydrogen-bond acceptors (Lipinski definition) is 9. The Hall–Kier alpha value is -6.63. The minimum absolute atomic E-state index is 0.0246. The summed E-state index contributed by atoms with van der Waals surface area (Å²) in [5, 5.41) is 46.6. The lowest BCUT2D eigenvalue weighted by atomic mass is 10.1. The quantitative estimate of drug-likeness (QED) is 0.0107. The number of carbonyl (C=O) groups is 5. The lowest BCUT2D eigenvalue weighted by Crippen LogP contribution is -2.33. The standard InChI is InChI=1S/C81H114N6O8P2/c1-71(88)85(93)66-40-20-35-61-82-78(89)57-59-80(91)86(94)67-41-21-36-62-83-79(90)58-60-81(92)87(95)68-42-22-39-65-84(63-37-10-6-2-4-8-12-43-69-96(72-45-23-14-24-46-72,73-47-25-15-26-48-73)74-49-27-16-28-50-74)64-38-11-7-3-5-9-13-44-70-97(75-51-29-17-30-52-75,76-53-31-18-32-54-76)77-55-33-19-34-56-77/h14-19,23-34,45-56,93-95H,2-13,20-22,35-44,57-70H2,1H3/p+2. The Balaban J connectivity index is 0.857. The van der Waals surface area contributed by atoms with E-state index in [2.05, 4.69) is 198 Å². The molecule has 0 unspecified atom stereocenters. The first-order valence-electron chi connectivity index (χ1n) is 36.7. The average molecular weight is 1360 g/mol. The summed E-state index contributed by atoms with van der Waals surface area (Å²) in [5.41, 5.74) is 0. The Bertz CT molecular complexity index is 2740. The third-order valence-electron chi connectivity index (χ3n) is 18.8. The minimum atomic E-state index is -1.79. The van der Waals surface area contributed by atoms with Crippen LogP contribution in [0.25, 0.3) is 0 Å². The third-order valence-corrected chi connectivity index (χ3v) is 27.8. The highest BCUT2D eigenvalue weighted by molar-refractivity contribution is 7.96. The number of benzene rings is 6. The van der Waals surface area contributed by atoms with E-state index in [0.717, 1.165) is 37.5 Å². The lowest BCUT2D eigenvalue weighted by molar-refractivity contribution is -0.166. The van der Waals surface area contributed by atoms with Gasteiger partial charge in [-0.05, 0) is 182 Å². The van der Waals surface area contributed by atoms with Crippen LogP contribution in [0.15, 0.2) is 182 Å². The van der Waals surface area contributed by atoms with Crippen LogP contribution in [0.1, 0.15) is 193 Å². The van der Waals surface area contributed by atoms with Gasteiger partial charge in [0.25, 0.3) is 0 Å². The van der Waals surface area contributed by atoms with Gasteiger partial charge >= 0.3 is 0 Å². The Morgan fingerprint density at radius 2 is 0.515 bits per heavy atom. The molecule has 0 aliphatic rings. The van der Waals surface area contributed by atoms with E-state index in [1.807, 2.05) is 0 Å². The Kier molecular flexibility index (Phi) is 38.8. The van der Waals surface area contributed by atoms with Crippen LogP contribution in [0, 0.1) is 0 Å². The number of nitrogens with zero attached hydrogens (tertiary/aromatic N) is 4. The van der Waals surface area contributed by atoms with Crippen molar-refractivity contribution in [2.75, 3.05) is 64.7 Å². The van der Waals surface area contributed by atoms with E-state index < -0.39 is 32.2 Å². The molecule has 16 heteroatoms. The highest BCUT2D eigenvalue weighted by atomic mass is 31.2. The molecule has 0 aliphatic carbocycles. The lowest BCUT2D eigenvalue weighted by Gasteiger charge is -2.27. The predicted octanol–water partition coefficient (Wildman–Crippen LogP) is 14.5. The fraction of sp³-hybridized carbons (Fsp3) is 0.494. The summed E-state index contributed by atoms with van der Waals surface area (Å²) < 4.78 is 0. The van der Waals surface area contributed by atoms with Crippen LogP contribution in [-0.2, 0) is 24.0 Å². The van der Waals surface area contributed by atoms with E-state index in [-0.39, 0.29) is 57.1 Å². The van der Waals surface area contributed by atoms with Crippen LogP contribution in [0.2, 0.25) is 0 Å². The van der Waals surface area contributed by atoms with Gasteiger partial charge in [0, 0.05) is 65.3 Å². The van der Waals surface area contributed by atoms with E-state index in [9.17, 15) is 39.6 Å². The van der Waals surface area contributed by atoms with Crippen molar-refractivity contribution >= 4 is 75.9 Å². The zero-order valence-corrected chi connectivity index (χ0v) is 60.3. The molecular weight excluding hydrogens is 1250 g/mol. The van der Waals surface area contributed by atoms with Gasteiger partial charge in [-0.25, -0.2) is 15.2 Å². The van der Waals surface area contributed by atoms with Gasteiger partial charge in [-0.3, -0.25) is 39.6 Å². The zero-order chi connectivity index (χ0) is 68.9. The van der Waals surface area contributed by atoms with Crippen molar-refractivity contribution in [3.05, 3.63) is 182 Å². The number of hydrogen-bond donors (Lipinski definition) is 5. The third kappa shape index (κ3) is 29.0.